The second-order valence-electron chi connectivity index (χ2n) is 7.91. The third-order valence-corrected chi connectivity index (χ3v) is 4.69. The maximum absolute atomic E-state index is 11.2. The lowest BCUT2D eigenvalue weighted by molar-refractivity contribution is -0.141. The molecule has 0 spiro atoms. The maximum atomic E-state index is 11.2. The van der Waals surface area contributed by atoms with Crippen LogP contribution < -0.4 is 4.74 Å². The Kier molecular flexibility index (Phi) is 5.71. The molecule has 0 amide bonds. The Morgan fingerprint density at radius 2 is 1.79 bits per heavy atom. The Balaban J connectivity index is 1.99. The molecule has 28 heavy (non-hydrogen) atoms. The maximum Gasteiger partial charge on any atom is 0.330 e. The molecule has 146 valence electrons. The fraction of sp³-hybridized carbons (Fsp3) is 0.292. The first-order chi connectivity index (χ1) is 13.3. The van der Waals surface area contributed by atoms with E-state index < -0.39 is 12.1 Å². The molecule has 1 N–H and O–H groups in total. The van der Waals surface area contributed by atoms with Crippen LogP contribution in [0, 0.1) is 0 Å². The molecule has 0 fully saturated rings. The molecule has 0 saturated heterocycles. The molecule has 0 aromatic heterocycles. The van der Waals surface area contributed by atoms with E-state index in [1.165, 1.54) is 5.56 Å². The van der Waals surface area contributed by atoms with Crippen molar-refractivity contribution in [2.45, 2.75) is 32.3 Å². The Hall–Kier alpha value is -2.85. The highest BCUT2D eigenvalue weighted by molar-refractivity contribution is 6.05. The van der Waals surface area contributed by atoms with Gasteiger partial charge in [-0.1, -0.05) is 63.7 Å². The van der Waals surface area contributed by atoms with Crippen LogP contribution >= 0.6 is 0 Å². The van der Waals surface area contributed by atoms with Gasteiger partial charge in [-0.25, -0.2) is 4.79 Å². The van der Waals surface area contributed by atoms with E-state index in [0.717, 1.165) is 33.4 Å². The Bertz CT molecular complexity index is 1010. The molecule has 3 aromatic rings. The van der Waals surface area contributed by atoms with Crippen molar-refractivity contribution in [1.82, 2.24) is 0 Å². The highest BCUT2D eigenvalue weighted by Crippen LogP contribution is 2.37. The fourth-order valence-corrected chi connectivity index (χ4v) is 3.11. The van der Waals surface area contributed by atoms with Gasteiger partial charge in [0.05, 0.1) is 0 Å². The molecule has 1 atom stereocenters. The van der Waals surface area contributed by atoms with Gasteiger partial charge >= 0.3 is 5.97 Å². The van der Waals surface area contributed by atoms with E-state index in [1.54, 1.807) is 0 Å². The average Bonchev–Trinajstić information content (AvgIpc) is 2.68. The van der Waals surface area contributed by atoms with Crippen LogP contribution in [-0.4, -0.2) is 30.4 Å². The van der Waals surface area contributed by atoms with E-state index in [9.17, 15) is 9.90 Å². The van der Waals surface area contributed by atoms with Gasteiger partial charge in [0.2, 0.25) is 0 Å². The number of carbonyl (C=O) groups is 1. The summed E-state index contributed by atoms with van der Waals surface area (Å²) in [6.07, 6.45) is 0.142. The van der Waals surface area contributed by atoms with E-state index >= 15 is 0 Å². The van der Waals surface area contributed by atoms with Crippen LogP contribution in [0.15, 0.2) is 61.2 Å². The summed E-state index contributed by atoms with van der Waals surface area (Å²) < 4.78 is 11.0. The first-order valence-corrected chi connectivity index (χ1v) is 9.35. The van der Waals surface area contributed by atoms with Gasteiger partial charge in [0.15, 0.2) is 0 Å². The molecule has 0 aliphatic carbocycles. The number of ether oxygens (including phenoxy) is 2. The second-order valence-corrected chi connectivity index (χ2v) is 7.91. The highest BCUT2D eigenvalue weighted by atomic mass is 16.5. The van der Waals surface area contributed by atoms with Crippen LogP contribution in [0.1, 0.15) is 26.3 Å². The molecular formula is C24H26O4. The lowest BCUT2D eigenvalue weighted by Gasteiger charge is -2.21. The number of esters is 1. The standard InChI is InChI=1S/C24H26O4/c1-5-22(26)27-14-19(25)15-28-23-20-9-7-6-8-16(20)12-17-10-11-18(13-21(17)23)24(2,3)4/h5-13,19,25H,1,14-15H2,2-4H3. The SMILES string of the molecule is C=CC(=O)OCC(O)COc1c2ccccc2cc2ccc(C(C)(C)C)cc12. The van der Waals surface area contributed by atoms with E-state index in [4.69, 9.17) is 9.47 Å². The summed E-state index contributed by atoms with van der Waals surface area (Å²) in [5.41, 5.74) is 1.22. The Labute approximate surface area is 165 Å². The zero-order valence-corrected chi connectivity index (χ0v) is 16.6. The van der Waals surface area contributed by atoms with Gasteiger partial charge in [-0.2, -0.15) is 0 Å². The third-order valence-electron chi connectivity index (χ3n) is 4.69. The molecule has 0 bridgehead atoms. The lowest BCUT2D eigenvalue weighted by Crippen LogP contribution is -2.24. The van der Waals surface area contributed by atoms with Gasteiger partial charge in [-0.15, -0.1) is 0 Å². The zero-order valence-electron chi connectivity index (χ0n) is 16.6. The number of aliphatic hydroxyl groups excluding tert-OH is 1. The number of aliphatic hydroxyl groups is 1. The van der Waals surface area contributed by atoms with Crippen LogP contribution in [0.4, 0.5) is 0 Å². The van der Waals surface area contributed by atoms with Gasteiger partial charge in [0.1, 0.15) is 25.1 Å². The van der Waals surface area contributed by atoms with Crippen molar-refractivity contribution in [3.63, 3.8) is 0 Å². The van der Waals surface area contributed by atoms with Crippen molar-refractivity contribution in [3.8, 4) is 5.75 Å². The molecule has 0 aliphatic rings. The van der Waals surface area contributed by atoms with Crippen molar-refractivity contribution >= 4 is 27.5 Å². The summed E-state index contributed by atoms with van der Waals surface area (Å²) in [5, 5.41) is 14.3. The van der Waals surface area contributed by atoms with Crippen LogP contribution in [0.5, 0.6) is 5.75 Å². The van der Waals surface area contributed by atoms with Gasteiger partial charge in [0.25, 0.3) is 0 Å². The molecule has 0 aliphatic heterocycles. The normalized spacial score (nSPS) is 12.7. The Morgan fingerprint density at radius 1 is 1.07 bits per heavy atom. The van der Waals surface area contributed by atoms with E-state index in [2.05, 4.69) is 51.6 Å². The molecule has 0 heterocycles. The van der Waals surface area contributed by atoms with Crippen molar-refractivity contribution in [2.24, 2.45) is 0 Å². The monoisotopic (exact) mass is 378 g/mol. The molecule has 0 radical (unpaired) electrons. The Morgan fingerprint density at radius 3 is 2.50 bits per heavy atom. The van der Waals surface area contributed by atoms with Crippen LogP contribution in [0.25, 0.3) is 21.5 Å². The topological polar surface area (TPSA) is 55.8 Å². The van der Waals surface area contributed by atoms with Crippen molar-refractivity contribution < 1.29 is 19.4 Å². The van der Waals surface area contributed by atoms with Crippen molar-refractivity contribution in [1.29, 1.82) is 0 Å². The predicted molar refractivity (Wildman–Crippen MR) is 113 cm³/mol. The molecule has 3 aromatic carbocycles. The van der Waals surface area contributed by atoms with E-state index in [-0.39, 0.29) is 18.6 Å². The van der Waals surface area contributed by atoms with Gasteiger partial charge < -0.3 is 14.6 Å². The summed E-state index contributed by atoms with van der Waals surface area (Å²) >= 11 is 0. The first kappa shape index (κ1) is 19.9. The minimum atomic E-state index is -0.927. The van der Waals surface area contributed by atoms with Crippen LogP contribution in [0.2, 0.25) is 0 Å². The number of hydrogen-bond donors (Lipinski definition) is 1. The summed E-state index contributed by atoms with van der Waals surface area (Å²) in [7, 11) is 0. The number of benzene rings is 3. The van der Waals surface area contributed by atoms with Crippen molar-refractivity contribution in [3.05, 3.63) is 66.7 Å². The van der Waals surface area contributed by atoms with Gasteiger partial charge in [0, 0.05) is 16.8 Å². The second kappa shape index (κ2) is 8.03. The number of carbonyl (C=O) groups excluding carboxylic acids is 1. The minimum absolute atomic E-state index is 0.00943. The summed E-state index contributed by atoms with van der Waals surface area (Å²) in [4.78, 5) is 11.2. The highest BCUT2D eigenvalue weighted by Gasteiger charge is 2.17. The smallest absolute Gasteiger partial charge is 0.330 e. The van der Waals surface area contributed by atoms with E-state index in [0.29, 0.717) is 0 Å². The molecule has 3 rings (SSSR count). The van der Waals surface area contributed by atoms with Crippen LogP contribution in [-0.2, 0) is 14.9 Å². The molecule has 0 saturated carbocycles. The van der Waals surface area contributed by atoms with Crippen LogP contribution in [0.3, 0.4) is 0 Å². The lowest BCUT2D eigenvalue weighted by atomic mass is 9.85. The first-order valence-electron chi connectivity index (χ1n) is 9.35. The summed E-state index contributed by atoms with van der Waals surface area (Å²) in [6.45, 7) is 9.75. The zero-order chi connectivity index (χ0) is 20.3. The predicted octanol–water partition coefficient (Wildman–Crippen LogP) is 4.76. The summed E-state index contributed by atoms with van der Waals surface area (Å²) in [5.74, 6) is 0.165. The van der Waals surface area contributed by atoms with Crippen molar-refractivity contribution in [2.75, 3.05) is 13.2 Å². The summed E-state index contributed by atoms with van der Waals surface area (Å²) in [6, 6.07) is 16.6. The van der Waals surface area contributed by atoms with E-state index in [1.807, 2.05) is 24.3 Å². The quantitative estimate of drug-likeness (QED) is 0.382. The minimum Gasteiger partial charge on any atom is -0.489 e. The fourth-order valence-electron chi connectivity index (χ4n) is 3.11. The molecule has 4 heteroatoms. The largest absolute Gasteiger partial charge is 0.489 e. The average molecular weight is 378 g/mol. The van der Waals surface area contributed by atoms with Gasteiger partial charge in [-0.3, -0.25) is 0 Å². The molecule has 1 unspecified atom stereocenters. The van der Waals surface area contributed by atoms with Gasteiger partial charge in [-0.05, 0) is 33.9 Å². The number of hydrogen-bond acceptors (Lipinski definition) is 4. The molecular weight excluding hydrogens is 352 g/mol. The number of rotatable bonds is 6. The number of fused-ring (bicyclic) bond motifs is 2. The molecule has 4 nitrogen and oxygen atoms in total. The third kappa shape index (κ3) is 4.34.